The molecule has 4 nitrogen and oxygen atoms in total. The highest BCUT2D eigenvalue weighted by atomic mass is 32.1. The third kappa shape index (κ3) is 2.70. The van der Waals surface area contributed by atoms with Gasteiger partial charge in [-0.3, -0.25) is 0 Å². The number of nitrogens with two attached hydrogens (primary N) is 1. The van der Waals surface area contributed by atoms with Gasteiger partial charge in [0.2, 0.25) is 0 Å². The molecular weight excluding hydrogens is 316 g/mol. The fourth-order valence-corrected chi connectivity index (χ4v) is 3.54. The van der Waals surface area contributed by atoms with Crippen LogP contribution in [0.25, 0.3) is 20.8 Å². The molecule has 0 atom stereocenters. The fraction of sp³-hybridized carbons (Fsp3) is 0.0526. The summed E-state index contributed by atoms with van der Waals surface area (Å²) in [5.74, 6) is 0.822. The van der Waals surface area contributed by atoms with Crippen LogP contribution in [0.5, 0.6) is 0 Å². The third-order valence-corrected chi connectivity index (χ3v) is 4.99. The quantitative estimate of drug-likeness (QED) is 0.590. The molecule has 4 rings (SSSR count). The summed E-state index contributed by atoms with van der Waals surface area (Å²) in [6.07, 6.45) is 1.72. The standard InChI is InChI=1S/C19H16N4S/c1-23(18-12-14(20)10-11-21-18)15-8-6-13(7-9-15)19-22-16-4-2-3-5-17(16)24-19/h2-12H,1H3,(H2,20,21). The van der Waals surface area contributed by atoms with E-state index in [0.717, 1.165) is 27.6 Å². The van der Waals surface area contributed by atoms with Crippen molar-refractivity contribution in [3.05, 3.63) is 66.9 Å². The zero-order valence-electron chi connectivity index (χ0n) is 13.2. The molecule has 0 aliphatic heterocycles. The lowest BCUT2D eigenvalue weighted by Crippen LogP contribution is -2.11. The molecule has 2 N–H and O–H groups in total. The molecule has 0 fully saturated rings. The second-order valence-electron chi connectivity index (χ2n) is 5.54. The number of anilines is 3. The van der Waals surface area contributed by atoms with E-state index in [2.05, 4.69) is 35.3 Å². The minimum atomic E-state index is 0.706. The molecule has 0 aliphatic rings. The fourth-order valence-electron chi connectivity index (χ4n) is 2.57. The molecule has 0 saturated carbocycles. The molecule has 5 heteroatoms. The van der Waals surface area contributed by atoms with Gasteiger partial charge in [0.15, 0.2) is 0 Å². The van der Waals surface area contributed by atoms with Gasteiger partial charge in [0.1, 0.15) is 10.8 Å². The van der Waals surface area contributed by atoms with Gasteiger partial charge in [-0.05, 0) is 42.5 Å². The Balaban J connectivity index is 1.64. The Morgan fingerprint density at radius 3 is 2.54 bits per heavy atom. The summed E-state index contributed by atoms with van der Waals surface area (Å²) in [6.45, 7) is 0. The molecule has 2 aromatic carbocycles. The first kappa shape index (κ1) is 14.7. The number of pyridine rings is 1. The average molecular weight is 332 g/mol. The predicted molar refractivity (Wildman–Crippen MR) is 102 cm³/mol. The minimum Gasteiger partial charge on any atom is -0.399 e. The molecule has 24 heavy (non-hydrogen) atoms. The van der Waals surface area contributed by atoms with Crippen molar-refractivity contribution >= 4 is 38.7 Å². The molecule has 0 saturated heterocycles. The van der Waals surface area contributed by atoms with Gasteiger partial charge in [-0.25, -0.2) is 9.97 Å². The summed E-state index contributed by atoms with van der Waals surface area (Å²) in [5, 5.41) is 1.03. The Labute approximate surface area is 144 Å². The van der Waals surface area contributed by atoms with Crippen LogP contribution in [0.4, 0.5) is 17.2 Å². The Morgan fingerprint density at radius 2 is 1.79 bits per heavy atom. The Bertz CT molecular complexity index is 959. The highest BCUT2D eigenvalue weighted by molar-refractivity contribution is 7.21. The van der Waals surface area contributed by atoms with Crippen molar-refractivity contribution in [2.24, 2.45) is 0 Å². The van der Waals surface area contributed by atoms with Crippen molar-refractivity contribution < 1.29 is 0 Å². The Hall–Kier alpha value is -2.92. The molecule has 2 aromatic heterocycles. The molecule has 0 spiro atoms. The first-order chi connectivity index (χ1) is 11.7. The third-order valence-electron chi connectivity index (χ3n) is 3.91. The first-order valence-corrected chi connectivity index (χ1v) is 8.43. The van der Waals surface area contributed by atoms with Gasteiger partial charge in [0.05, 0.1) is 10.2 Å². The highest BCUT2D eigenvalue weighted by Crippen LogP contribution is 2.31. The number of aromatic nitrogens is 2. The van der Waals surface area contributed by atoms with Crippen LogP contribution in [0.2, 0.25) is 0 Å². The number of hydrogen-bond acceptors (Lipinski definition) is 5. The van der Waals surface area contributed by atoms with E-state index in [1.54, 1.807) is 23.6 Å². The van der Waals surface area contributed by atoms with Gasteiger partial charge in [-0.1, -0.05) is 12.1 Å². The van der Waals surface area contributed by atoms with Crippen LogP contribution in [0.1, 0.15) is 0 Å². The second-order valence-corrected chi connectivity index (χ2v) is 6.57. The maximum atomic E-state index is 5.84. The molecular formula is C19H16N4S. The molecule has 0 unspecified atom stereocenters. The van der Waals surface area contributed by atoms with Crippen molar-refractivity contribution in [1.29, 1.82) is 0 Å². The van der Waals surface area contributed by atoms with E-state index >= 15 is 0 Å². The molecule has 0 amide bonds. The zero-order valence-corrected chi connectivity index (χ0v) is 14.0. The average Bonchev–Trinajstić information content (AvgIpc) is 3.05. The second kappa shape index (κ2) is 5.94. The van der Waals surface area contributed by atoms with E-state index in [9.17, 15) is 0 Å². The number of thiazole rings is 1. The Morgan fingerprint density at radius 1 is 1.00 bits per heavy atom. The largest absolute Gasteiger partial charge is 0.399 e. The van der Waals surface area contributed by atoms with Gasteiger partial charge >= 0.3 is 0 Å². The molecule has 0 bridgehead atoms. The topological polar surface area (TPSA) is 55.0 Å². The lowest BCUT2D eigenvalue weighted by atomic mass is 10.2. The monoisotopic (exact) mass is 332 g/mol. The van der Waals surface area contributed by atoms with Crippen LogP contribution in [-0.4, -0.2) is 17.0 Å². The number of nitrogen functional groups attached to an aromatic ring is 1. The van der Waals surface area contributed by atoms with Crippen molar-refractivity contribution in [3.8, 4) is 10.6 Å². The molecule has 2 heterocycles. The minimum absolute atomic E-state index is 0.706. The molecule has 118 valence electrons. The molecule has 4 aromatic rings. The summed E-state index contributed by atoms with van der Waals surface area (Å²) >= 11 is 1.71. The van der Waals surface area contributed by atoms with Gasteiger partial charge in [-0.2, -0.15) is 0 Å². The molecule has 0 radical (unpaired) electrons. The van der Waals surface area contributed by atoms with E-state index in [1.165, 1.54) is 4.70 Å². The van der Waals surface area contributed by atoms with Crippen LogP contribution in [0.3, 0.4) is 0 Å². The van der Waals surface area contributed by atoms with E-state index < -0.39 is 0 Å². The van der Waals surface area contributed by atoms with E-state index in [0.29, 0.717) is 5.69 Å². The maximum Gasteiger partial charge on any atom is 0.134 e. The number of benzene rings is 2. The van der Waals surface area contributed by atoms with E-state index in [4.69, 9.17) is 10.7 Å². The SMILES string of the molecule is CN(c1ccc(-c2nc3ccccc3s2)cc1)c1cc(N)ccn1. The summed E-state index contributed by atoms with van der Waals surface area (Å²) in [6, 6.07) is 20.2. The summed E-state index contributed by atoms with van der Waals surface area (Å²) in [7, 11) is 1.98. The molecule has 0 aliphatic carbocycles. The van der Waals surface area contributed by atoms with Crippen LogP contribution in [-0.2, 0) is 0 Å². The van der Waals surface area contributed by atoms with Crippen molar-refractivity contribution in [2.45, 2.75) is 0 Å². The van der Waals surface area contributed by atoms with E-state index in [-0.39, 0.29) is 0 Å². The number of para-hydroxylation sites is 1. The van der Waals surface area contributed by atoms with Crippen molar-refractivity contribution in [2.75, 3.05) is 17.7 Å². The predicted octanol–water partition coefficient (Wildman–Crippen LogP) is 4.71. The number of rotatable bonds is 3. The number of fused-ring (bicyclic) bond motifs is 1. The van der Waals surface area contributed by atoms with Crippen LogP contribution in [0.15, 0.2) is 66.9 Å². The summed E-state index contributed by atoms with van der Waals surface area (Å²) in [5.41, 5.74) is 9.76. The van der Waals surface area contributed by atoms with Gasteiger partial charge in [0, 0.05) is 36.2 Å². The lowest BCUT2D eigenvalue weighted by molar-refractivity contribution is 1.13. The summed E-state index contributed by atoms with van der Waals surface area (Å²) < 4.78 is 1.21. The van der Waals surface area contributed by atoms with Crippen molar-refractivity contribution in [1.82, 2.24) is 9.97 Å². The lowest BCUT2D eigenvalue weighted by Gasteiger charge is -2.18. The van der Waals surface area contributed by atoms with Crippen LogP contribution in [0, 0.1) is 0 Å². The highest BCUT2D eigenvalue weighted by Gasteiger charge is 2.08. The van der Waals surface area contributed by atoms with Gasteiger partial charge in [-0.15, -0.1) is 11.3 Å². The summed E-state index contributed by atoms with van der Waals surface area (Å²) in [4.78, 5) is 11.1. The smallest absolute Gasteiger partial charge is 0.134 e. The van der Waals surface area contributed by atoms with Crippen molar-refractivity contribution in [3.63, 3.8) is 0 Å². The Kier molecular flexibility index (Phi) is 3.63. The first-order valence-electron chi connectivity index (χ1n) is 7.62. The van der Waals surface area contributed by atoms with Gasteiger partial charge < -0.3 is 10.6 Å². The van der Waals surface area contributed by atoms with Crippen LogP contribution < -0.4 is 10.6 Å². The van der Waals surface area contributed by atoms with E-state index in [1.807, 2.05) is 36.2 Å². The number of hydrogen-bond donors (Lipinski definition) is 1. The van der Waals surface area contributed by atoms with Gasteiger partial charge in [0.25, 0.3) is 0 Å². The zero-order chi connectivity index (χ0) is 16.5. The van der Waals surface area contributed by atoms with Crippen LogP contribution >= 0.6 is 11.3 Å². The maximum absolute atomic E-state index is 5.84. The normalized spacial score (nSPS) is 10.9. The number of nitrogens with zero attached hydrogens (tertiary/aromatic N) is 3.